The summed E-state index contributed by atoms with van der Waals surface area (Å²) in [4.78, 5) is 13.9. The number of unbranched alkanes of at least 4 members (excludes halogenated alkanes) is 1. The van der Waals surface area contributed by atoms with Crippen LogP contribution in [0.2, 0.25) is 0 Å². The molecule has 0 saturated carbocycles. The Balaban J connectivity index is 2.08. The number of nitrogens with zero attached hydrogens (tertiary/aromatic N) is 1. The lowest BCUT2D eigenvalue weighted by Gasteiger charge is -2.01. The standard InChI is InChI=1S/C14H19NO2/c1-3-4-10-15-12(13(15)14(16)17-2)11-8-6-5-7-9-11/h5-9,12-13H,3-4,10H2,1-2H3/t12-,13+,15?/m1/s1. The van der Waals surface area contributed by atoms with Gasteiger partial charge in [0.2, 0.25) is 0 Å². The summed E-state index contributed by atoms with van der Waals surface area (Å²) in [6.45, 7) is 3.13. The molecule has 1 saturated heterocycles. The second-order valence-electron chi connectivity index (χ2n) is 4.41. The van der Waals surface area contributed by atoms with E-state index in [1.807, 2.05) is 18.2 Å². The summed E-state index contributed by atoms with van der Waals surface area (Å²) in [6.07, 6.45) is 2.27. The molecular formula is C14H19NO2. The van der Waals surface area contributed by atoms with Gasteiger partial charge in [-0.05, 0) is 18.5 Å². The van der Waals surface area contributed by atoms with E-state index in [1.165, 1.54) is 12.7 Å². The van der Waals surface area contributed by atoms with Crippen LogP contribution in [0, 0.1) is 0 Å². The van der Waals surface area contributed by atoms with Crippen LogP contribution in [0.1, 0.15) is 31.4 Å². The molecule has 1 heterocycles. The van der Waals surface area contributed by atoms with E-state index < -0.39 is 0 Å². The monoisotopic (exact) mass is 233 g/mol. The topological polar surface area (TPSA) is 29.3 Å². The fraction of sp³-hybridized carbons (Fsp3) is 0.500. The van der Waals surface area contributed by atoms with Crippen LogP contribution >= 0.6 is 0 Å². The summed E-state index contributed by atoms with van der Waals surface area (Å²) in [6, 6.07) is 10.3. The van der Waals surface area contributed by atoms with E-state index in [0.29, 0.717) is 0 Å². The van der Waals surface area contributed by atoms with E-state index in [1.54, 1.807) is 0 Å². The molecule has 1 aromatic carbocycles. The van der Waals surface area contributed by atoms with Crippen LogP contribution in [0.4, 0.5) is 0 Å². The molecule has 1 aromatic rings. The van der Waals surface area contributed by atoms with Gasteiger partial charge >= 0.3 is 5.97 Å². The van der Waals surface area contributed by atoms with E-state index in [9.17, 15) is 4.79 Å². The normalized spacial score (nSPS) is 26.6. The van der Waals surface area contributed by atoms with Gasteiger partial charge < -0.3 is 4.74 Å². The zero-order valence-corrected chi connectivity index (χ0v) is 10.4. The third-order valence-corrected chi connectivity index (χ3v) is 3.28. The molecule has 0 amide bonds. The van der Waals surface area contributed by atoms with Crippen LogP contribution in [-0.4, -0.2) is 30.6 Å². The first-order valence-electron chi connectivity index (χ1n) is 6.18. The highest BCUT2D eigenvalue weighted by atomic mass is 16.5. The van der Waals surface area contributed by atoms with Gasteiger partial charge in [0.25, 0.3) is 0 Å². The molecule has 17 heavy (non-hydrogen) atoms. The van der Waals surface area contributed by atoms with Crippen molar-refractivity contribution < 1.29 is 9.53 Å². The molecule has 1 aliphatic heterocycles. The number of esters is 1. The number of ether oxygens (including phenoxy) is 1. The van der Waals surface area contributed by atoms with Crippen molar-refractivity contribution in [3.8, 4) is 0 Å². The smallest absolute Gasteiger partial charge is 0.325 e. The molecule has 3 heteroatoms. The van der Waals surface area contributed by atoms with Gasteiger partial charge in [-0.1, -0.05) is 43.7 Å². The highest BCUT2D eigenvalue weighted by molar-refractivity contribution is 5.80. The molecule has 92 valence electrons. The predicted molar refractivity (Wildman–Crippen MR) is 66.6 cm³/mol. The van der Waals surface area contributed by atoms with E-state index in [0.717, 1.165) is 19.4 Å². The average Bonchev–Trinajstić information content (AvgIpc) is 3.10. The van der Waals surface area contributed by atoms with Crippen molar-refractivity contribution in [3.63, 3.8) is 0 Å². The summed E-state index contributed by atoms with van der Waals surface area (Å²) in [5.74, 6) is -0.116. The van der Waals surface area contributed by atoms with Crippen LogP contribution in [0.25, 0.3) is 0 Å². The van der Waals surface area contributed by atoms with Gasteiger partial charge in [-0.2, -0.15) is 0 Å². The molecule has 1 unspecified atom stereocenters. The van der Waals surface area contributed by atoms with E-state index in [-0.39, 0.29) is 18.1 Å². The molecule has 0 bridgehead atoms. The van der Waals surface area contributed by atoms with Crippen molar-refractivity contribution >= 4 is 5.97 Å². The molecule has 0 N–H and O–H groups in total. The number of rotatable bonds is 5. The lowest BCUT2D eigenvalue weighted by atomic mass is 10.1. The third kappa shape index (κ3) is 2.50. The maximum Gasteiger partial charge on any atom is 0.325 e. The molecule has 1 aliphatic rings. The highest BCUT2D eigenvalue weighted by Crippen LogP contribution is 2.43. The lowest BCUT2D eigenvalue weighted by molar-refractivity contribution is -0.140. The van der Waals surface area contributed by atoms with Crippen molar-refractivity contribution in [2.24, 2.45) is 0 Å². The van der Waals surface area contributed by atoms with Gasteiger partial charge in [0.1, 0.15) is 6.04 Å². The number of methoxy groups -OCH3 is 1. The van der Waals surface area contributed by atoms with Crippen molar-refractivity contribution in [2.45, 2.75) is 31.8 Å². The van der Waals surface area contributed by atoms with Crippen molar-refractivity contribution in [2.75, 3.05) is 13.7 Å². The maximum atomic E-state index is 11.7. The Morgan fingerprint density at radius 1 is 1.35 bits per heavy atom. The minimum Gasteiger partial charge on any atom is -0.468 e. The van der Waals surface area contributed by atoms with Gasteiger partial charge in [-0.25, -0.2) is 0 Å². The Labute approximate surface area is 102 Å². The first-order valence-corrected chi connectivity index (χ1v) is 6.18. The molecule has 2 rings (SSSR count). The molecule has 0 aliphatic carbocycles. The Morgan fingerprint density at radius 2 is 2.06 bits per heavy atom. The largest absolute Gasteiger partial charge is 0.468 e. The van der Waals surface area contributed by atoms with E-state index in [4.69, 9.17) is 4.74 Å². The molecule has 0 spiro atoms. The lowest BCUT2D eigenvalue weighted by Crippen LogP contribution is -2.15. The summed E-state index contributed by atoms with van der Waals surface area (Å²) in [5.41, 5.74) is 1.21. The van der Waals surface area contributed by atoms with Crippen molar-refractivity contribution in [1.82, 2.24) is 4.90 Å². The van der Waals surface area contributed by atoms with Gasteiger partial charge in [0, 0.05) is 0 Å². The second-order valence-corrected chi connectivity index (χ2v) is 4.41. The second kappa shape index (κ2) is 5.32. The van der Waals surface area contributed by atoms with Crippen LogP contribution in [-0.2, 0) is 9.53 Å². The first kappa shape index (κ1) is 12.1. The highest BCUT2D eigenvalue weighted by Gasteiger charge is 2.53. The van der Waals surface area contributed by atoms with Crippen molar-refractivity contribution in [1.29, 1.82) is 0 Å². The molecule has 0 aromatic heterocycles. The van der Waals surface area contributed by atoms with Crippen LogP contribution < -0.4 is 0 Å². The molecule has 3 atom stereocenters. The van der Waals surface area contributed by atoms with Gasteiger partial charge in [0.15, 0.2) is 0 Å². The summed E-state index contributed by atoms with van der Waals surface area (Å²) < 4.78 is 4.86. The number of hydrogen-bond acceptors (Lipinski definition) is 3. The SMILES string of the molecule is CCCCN1[C@H](C(=O)OC)[C@H]1c1ccccc1. The number of carbonyl (C=O) groups excluding carboxylic acids is 1. The Hall–Kier alpha value is -1.35. The summed E-state index contributed by atoms with van der Waals surface area (Å²) in [7, 11) is 1.46. The maximum absolute atomic E-state index is 11.7. The predicted octanol–water partition coefficient (Wildman–Crippen LogP) is 2.39. The average molecular weight is 233 g/mol. The van der Waals surface area contributed by atoms with Crippen LogP contribution in [0.3, 0.4) is 0 Å². The van der Waals surface area contributed by atoms with Crippen LogP contribution in [0.15, 0.2) is 30.3 Å². The van der Waals surface area contributed by atoms with Gasteiger partial charge in [-0.15, -0.1) is 0 Å². The minimum atomic E-state index is -0.116. The molecule has 0 radical (unpaired) electrons. The van der Waals surface area contributed by atoms with Gasteiger partial charge in [-0.3, -0.25) is 9.69 Å². The number of benzene rings is 1. The quantitative estimate of drug-likeness (QED) is 0.577. The van der Waals surface area contributed by atoms with E-state index in [2.05, 4.69) is 24.0 Å². The third-order valence-electron chi connectivity index (χ3n) is 3.28. The van der Waals surface area contributed by atoms with Gasteiger partial charge in [0.05, 0.1) is 13.2 Å². The summed E-state index contributed by atoms with van der Waals surface area (Å²) in [5, 5.41) is 0. The zero-order valence-electron chi connectivity index (χ0n) is 10.4. The Morgan fingerprint density at radius 3 is 2.65 bits per heavy atom. The van der Waals surface area contributed by atoms with E-state index >= 15 is 0 Å². The zero-order chi connectivity index (χ0) is 12.3. The molecule has 3 nitrogen and oxygen atoms in total. The van der Waals surface area contributed by atoms with Crippen LogP contribution in [0.5, 0.6) is 0 Å². The number of carbonyl (C=O) groups is 1. The first-order chi connectivity index (χ1) is 8.29. The fourth-order valence-corrected chi connectivity index (χ4v) is 2.30. The van der Waals surface area contributed by atoms with Crippen molar-refractivity contribution in [3.05, 3.63) is 35.9 Å². The fourth-order valence-electron chi connectivity index (χ4n) is 2.30. The number of hydrogen-bond donors (Lipinski definition) is 0. The molecule has 1 fully saturated rings. The molecular weight excluding hydrogens is 214 g/mol. The Kier molecular flexibility index (Phi) is 3.79. The minimum absolute atomic E-state index is 0.0750. The Bertz CT molecular complexity index is 377. The summed E-state index contributed by atoms with van der Waals surface area (Å²) >= 11 is 0.